The minimum Gasteiger partial charge on any atom is -0.194 e. The predicted octanol–water partition coefficient (Wildman–Crippen LogP) is 2.49. The van der Waals surface area contributed by atoms with E-state index < -0.39 is 0 Å². The molecule has 11 heavy (non-hydrogen) atoms. The van der Waals surface area contributed by atoms with Gasteiger partial charge >= 0.3 is 0 Å². The fourth-order valence-corrected chi connectivity index (χ4v) is 2.05. The molecule has 2 fully saturated rings. The SMILES string of the molecule is CC1CCCC2(OO2)C1(C)C. The molecule has 0 aromatic heterocycles. The Morgan fingerprint density at radius 1 is 1.27 bits per heavy atom. The minimum absolute atomic E-state index is 0.200. The molecule has 1 heterocycles. The van der Waals surface area contributed by atoms with E-state index in [4.69, 9.17) is 9.78 Å². The molecule has 1 saturated carbocycles. The van der Waals surface area contributed by atoms with Crippen LogP contribution in [0.1, 0.15) is 40.0 Å². The highest BCUT2D eigenvalue weighted by Crippen LogP contribution is 2.57. The zero-order valence-electron chi connectivity index (χ0n) is 7.52. The third kappa shape index (κ3) is 0.859. The van der Waals surface area contributed by atoms with Crippen LogP contribution in [0.15, 0.2) is 0 Å². The molecule has 1 spiro atoms. The van der Waals surface area contributed by atoms with Gasteiger partial charge in [-0.2, -0.15) is 9.78 Å². The zero-order valence-corrected chi connectivity index (χ0v) is 7.52. The first-order valence-corrected chi connectivity index (χ1v) is 4.45. The molecule has 0 aromatic rings. The van der Waals surface area contributed by atoms with Crippen LogP contribution in [0.3, 0.4) is 0 Å². The lowest BCUT2D eigenvalue weighted by molar-refractivity contribution is 0.0297. The molecule has 0 radical (unpaired) electrons. The normalized spacial score (nSPS) is 39.0. The van der Waals surface area contributed by atoms with Crippen molar-refractivity contribution < 1.29 is 9.78 Å². The van der Waals surface area contributed by atoms with Crippen molar-refractivity contribution in [3.8, 4) is 0 Å². The van der Waals surface area contributed by atoms with Crippen LogP contribution in [0.2, 0.25) is 0 Å². The second kappa shape index (κ2) is 1.99. The molecular weight excluding hydrogens is 140 g/mol. The van der Waals surface area contributed by atoms with Gasteiger partial charge in [-0.15, -0.1) is 0 Å². The second-order valence-electron chi connectivity index (χ2n) is 4.43. The summed E-state index contributed by atoms with van der Waals surface area (Å²) in [4.78, 5) is 10.2. The second-order valence-corrected chi connectivity index (χ2v) is 4.43. The van der Waals surface area contributed by atoms with Gasteiger partial charge in [0.15, 0.2) is 0 Å². The molecule has 1 aliphatic heterocycles. The van der Waals surface area contributed by atoms with Crippen LogP contribution in [0, 0.1) is 11.3 Å². The van der Waals surface area contributed by atoms with Gasteiger partial charge in [-0.25, -0.2) is 0 Å². The largest absolute Gasteiger partial charge is 0.239 e. The van der Waals surface area contributed by atoms with Gasteiger partial charge in [0.2, 0.25) is 5.79 Å². The molecule has 0 bridgehead atoms. The minimum atomic E-state index is -0.204. The lowest BCUT2D eigenvalue weighted by atomic mass is 9.66. The smallest absolute Gasteiger partial charge is 0.194 e. The van der Waals surface area contributed by atoms with Crippen molar-refractivity contribution in [3.05, 3.63) is 0 Å². The highest BCUT2D eigenvalue weighted by molar-refractivity contribution is 4.97. The Bertz CT molecular complexity index is 170. The van der Waals surface area contributed by atoms with E-state index in [9.17, 15) is 0 Å². The third-order valence-electron chi connectivity index (χ3n) is 3.64. The molecule has 2 heteroatoms. The summed E-state index contributed by atoms with van der Waals surface area (Å²) < 4.78 is 0. The standard InChI is InChI=1S/C9H16O2/c1-7-5-4-6-9(10-11-9)8(7,2)3/h7H,4-6H2,1-3H3. The van der Waals surface area contributed by atoms with Gasteiger partial charge in [0.05, 0.1) is 0 Å². The van der Waals surface area contributed by atoms with Gasteiger partial charge in [0, 0.05) is 11.8 Å². The van der Waals surface area contributed by atoms with E-state index in [1.54, 1.807) is 0 Å². The summed E-state index contributed by atoms with van der Waals surface area (Å²) in [6.07, 6.45) is 3.62. The van der Waals surface area contributed by atoms with Crippen molar-refractivity contribution >= 4 is 0 Å². The Labute approximate surface area is 67.8 Å². The van der Waals surface area contributed by atoms with Gasteiger partial charge in [-0.1, -0.05) is 20.8 Å². The van der Waals surface area contributed by atoms with Crippen molar-refractivity contribution in [2.75, 3.05) is 0 Å². The molecule has 2 aliphatic rings. The van der Waals surface area contributed by atoms with Gasteiger partial charge in [-0.05, 0) is 18.8 Å². The third-order valence-corrected chi connectivity index (χ3v) is 3.64. The first kappa shape index (κ1) is 7.56. The van der Waals surface area contributed by atoms with E-state index in [0.29, 0.717) is 5.92 Å². The molecule has 1 atom stereocenters. The quantitative estimate of drug-likeness (QED) is 0.397. The molecule has 1 unspecified atom stereocenters. The lowest BCUT2D eigenvalue weighted by Crippen LogP contribution is -2.41. The van der Waals surface area contributed by atoms with E-state index in [-0.39, 0.29) is 11.2 Å². The monoisotopic (exact) mass is 156 g/mol. The van der Waals surface area contributed by atoms with E-state index in [0.717, 1.165) is 6.42 Å². The molecular formula is C9H16O2. The van der Waals surface area contributed by atoms with Crippen LogP contribution in [-0.2, 0) is 9.78 Å². The van der Waals surface area contributed by atoms with Crippen LogP contribution >= 0.6 is 0 Å². The topological polar surface area (TPSA) is 25.1 Å². The van der Waals surface area contributed by atoms with E-state index in [1.807, 2.05) is 0 Å². The van der Waals surface area contributed by atoms with Gasteiger partial charge < -0.3 is 0 Å². The maximum Gasteiger partial charge on any atom is 0.239 e. The first-order valence-electron chi connectivity index (χ1n) is 4.45. The summed E-state index contributed by atoms with van der Waals surface area (Å²) in [5.41, 5.74) is 0.200. The Hall–Kier alpha value is -0.0800. The summed E-state index contributed by atoms with van der Waals surface area (Å²) in [5.74, 6) is 0.503. The highest BCUT2D eigenvalue weighted by atomic mass is 17.4. The lowest BCUT2D eigenvalue weighted by Gasteiger charge is -2.38. The molecule has 1 aliphatic carbocycles. The van der Waals surface area contributed by atoms with E-state index in [2.05, 4.69) is 20.8 Å². The Kier molecular flexibility index (Phi) is 1.37. The molecule has 64 valence electrons. The fourth-order valence-electron chi connectivity index (χ4n) is 2.05. The Morgan fingerprint density at radius 2 is 1.91 bits per heavy atom. The summed E-state index contributed by atoms with van der Waals surface area (Å²) in [6, 6.07) is 0. The predicted molar refractivity (Wildman–Crippen MR) is 41.7 cm³/mol. The number of hydrogen-bond acceptors (Lipinski definition) is 2. The van der Waals surface area contributed by atoms with E-state index >= 15 is 0 Å². The maximum atomic E-state index is 5.12. The highest BCUT2D eigenvalue weighted by Gasteiger charge is 2.63. The van der Waals surface area contributed by atoms with Crippen molar-refractivity contribution in [3.63, 3.8) is 0 Å². The van der Waals surface area contributed by atoms with Crippen molar-refractivity contribution in [1.29, 1.82) is 0 Å². The average molecular weight is 156 g/mol. The maximum absolute atomic E-state index is 5.12. The van der Waals surface area contributed by atoms with Gasteiger partial charge in [-0.3, -0.25) is 0 Å². The summed E-state index contributed by atoms with van der Waals surface area (Å²) in [6.45, 7) is 6.76. The summed E-state index contributed by atoms with van der Waals surface area (Å²) >= 11 is 0. The molecule has 0 amide bonds. The first-order chi connectivity index (χ1) is 5.08. The van der Waals surface area contributed by atoms with Gasteiger partial charge in [0.25, 0.3) is 0 Å². The average Bonchev–Trinajstić information content (AvgIpc) is 2.66. The number of hydrogen-bond donors (Lipinski definition) is 0. The van der Waals surface area contributed by atoms with Crippen LogP contribution in [0.5, 0.6) is 0 Å². The molecule has 1 saturated heterocycles. The molecule has 2 rings (SSSR count). The molecule has 0 aromatic carbocycles. The molecule has 0 N–H and O–H groups in total. The number of rotatable bonds is 0. The Balaban J connectivity index is 2.21. The van der Waals surface area contributed by atoms with Crippen LogP contribution in [-0.4, -0.2) is 5.79 Å². The van der Waals surface area contributed by atoms with Crippen molar-refractivity contribution in [2.24, 2.45) is 11.3 Å². The van der Waals surface area contributed by atoms with Crippen molar-refractivity contribution in [2.45, 2.75) is 45.8 Å². The van der Waals surface area contributed by atoms with Gasteiger partial charge in [0.1, 0.15) is 0 Å². The fraction of sp³-hybridized carbons (Fsp3) is 1.00. The molecule has 2 nitrogen and oxygen atoms in total. The van der Waals surface area contributed by atoms with Crippen LogP contribution in [0.25, 0.3) is 0 Å². The summed E-state index contributed by atoms with van der Waals surface area (Å²) in [7, 11) is 0. The van der Waals surface area contributed by atoms with Crippen LogP contribution in [0.4, 0.5) is 0 Å². The summed E-state index contributed by atoms with van der Waals surface area (Å²) in [5, 5.41) is 0. The Morgan fingerprint density at radius 3 is 2.36 bits per heavy atom. The van der Waals surface area contributed by atoms with Crippen LogP contribution < -0.4 is 0 Å². The van der Waals surface area contributed by atoms with E-state index in [1.165, 1.54) is 12.8 Å². The zero-order chi connectivity index (χ0) is 8.11. The van der Waals surface area contributed by atoms with Crippen molar-refractivity contribution in [1.82, 2.24) is 0 Å².